The van der Waals surface area contributed by atoms with Gasteiger partial charge in [0.05, 0.1) is 11.6 Å². The molecule has 0 radical (unpaired) electrons. The van der Waals surface area contributed by atoms with Crippen LogP contribution in [0.3, 0.4) is 0 Å². The van der Waals surface area contributed by atoms with Gasteiger partial charge in [-0.2, -0.15) is 5.26 Å². The second kappa shape index (κ2) is 13.2. The molecule has 5 nitrogen and oxygen atoms in total. The highest BCUT2D eigenvalue weighted by Crippen LogP contribution is 2.37. The summed E-state index contributed by atoms with van der Waals surface area (Å²) in [7, 11) is 2.09. The summed E-state index contributed by atoms with van der Waals surface area (Å²) < 4.78 is 2.19. The normalized spacial score (nSPS) is 13.3. The molecule has 1 fully saturated rings. The van der Waals surface area contributed by atoms with Crippen LogP contribution in [0.25, 0.3) is 10.9 Å². The summed E-state index contributed by atoms with van der Waals surface area (Å²) in [5, 5.41) is 13.4. The fourth-order valence-corrected chi connectivity index (χ4v) is 5.55. The van der Waals surface area contributed by atoms with Crippen molar-refractivity contribution in [3.63, 3.8) is 0 Å². The molecule has 1 saturated carbocycles. The topological polar surface area (TPSA) is 74.9 Å². The molecule has 3 aromatic rings. The molecule has 0 saturated heterocycles. The Hall–Kier alpha value is -3.39. The van der Waals surface area contributed by atoms with Crippen LogP contribution in [0.15, 0.2) is 42.6 Å². The van der Waals surface area contributed by atoms with E-state index in [-0.39, 0.29) is 5.91 Å². The van der Waals surface area contributed by atoms with Gasteiger partial charge in [-0.25, -0.2) is 0 Å². The minimum absolute atomic E-state index is 0.194. The van der Waals surface area contributed by atoms with Crippen LogP contribution in [0.5, 0.6) is 0 Å². The van der Waals surface area contributed by atoms with Crippen LogP contribution in [-0.4, -0.2) is 16.3 Å². The summed E-state index contributed by atoms with van der Waals surface area (Å²) >= 11 is 0. The highest BCUT2D eigenvalue weighted by atomic mass is 16.1. The van der Waals surface area contributed by atoms with E-state index >= 15 is 0 Å². The van der Waals surface area contributed by atoms with Crippen molar-refractivity contribution in [1.29, 1.82) is 5.26 Å². The quantitative estimate of drug-likeness (QED) is 0.340. The van der Waals surface area contributed by atoms with Crippen molar-refractivity contribution in [2.24, 2.45) is 13.0 Å². The molecule has 0 atom stereocenters. The average molecular weight is 500 g/mol. The zero-order chi connectivity index (χ0) is 26.9. The zero-order valence-electron chi connectivity index (χ0n) is 23.1. The van der Waals surface area contributed by atoms with Crippen LogP contribution >= 0.6 is 0 Å². The van der Waals surface area contributed by atoms with E-state index in [1.165, 1.54) is 42.1 Å². The highest BCUT2D eigenvalue weighted by molar-refractivity contribution is 6.06. The van der Waals surface area contributed by atoms with Gasteiger partial charge < -0.3 is 9.88 Å². The third-order valence-electron chi connectivity index (χ3n) is 7.59. The lowest BCUT2D eigenvalue weighted by molar-refractivity contribution is -0.120. The number of carbonyl (C=O) groups excluding carboxylic acids is 2. The number of anilines is 1. The van der Waals surface area contributed by atoms with Gasteiger partial charge in [-0.05, 0) is 86.9 Å². The number of rotatable bonds is 8. The lowest BCUT2D eigenvalue weighted by Crippen LogP contribution is -2.13. The number of benzene rings is 2. The fourth-order valence-electron chi connectivity index (χ4n) is 5.55. The predicted octanol–water partition coefficient (Wildman–Crippen LogP) is 8.06. The van der Waals surface area contributed by atoms with Gasteiger partial charge in [0.15, 0.2) is 0 Å². The number of amides is 1. The van der Waals surface area contributed by atoms with E-state index in [1.807, 2.05) is 6.07 Å². The van der Waals surface area contributed by atoms with Crippen molar-refractivity contribution in [2.75, 3.05) is 5.32 Å². The van der Waals surface area contributed by atoms with Gasteiger partial charge in [-0.3, -0.25) is 9.59 Å². The van der Waals surface area contributed by atoms with Crippen LogP contribution in [0.1, 0.15) is 105 Å². The smallest absolute Gasteiger partial charge is 0.255 e. The molecule has 0 unspecified atom stereocenters. The Labute approximate surface area is 221 Å². The molecule has 5 heteroatoms. The number of hydrogen-bond acceptors (Lipinski definition) is 3. The molecule has 1 aliphatic rings. The lowest BCUT2D eigenvalue weighted by Gasteiger charge is -2.17. The van der Waals surface area contributed by atoms with E-state index in [9.17, 15) is 9.59 Å². The standard InChI is InChI=1S/C25H29N3O.C7H12O/c1-5-8-19(9-6-2)21-16-28(4)23-13-12-22(17(3)24(21)23)27-25(29)20-11-7-10-18(14-20)15-26;1-6(8)7-4-2-3-5-7/h7,10-14,16,19H,5-6,8-9H2,1-4H3,(H,27,29);7H,2-5H2,1H3. The van der Waals surface area contributed by atoms with E-state index in [1.54, 1.807) is 31.2 Å². The second-order valence-corrected chi connectivity index (χ2v) is 10.3. The first-order valence-electron chi connectivity index (χ1n) is 13.7. The van der Waals surface area contributed by atoms with Gasteiger partial charge >= 0.3 is 0 Å². The summed E-state index contributed by atoms with van der Waals surface area (Å²) in [6.07, 6.45) is 11.8. The number of Topliss-reactive ketones (excluding diaryl/α,β-unsaturated/α-hetero) is 1. The van der Waals surface area contributed by atoms with Gasteiger partial charge in [0.2, 0.25) is 0 Å². The Morgan fingerprint density at radius 2 is 1.78 bits per heavy atom. The van der Waals surface area contributed by atoms with Crippen molar-refractivity contribution >= 4 is 28.3 Å². The van der Waals surface area contributed by atoms with E-state index in [4.69, 9.17) is 5.26 Å². The third kappa shape index (κ3) is 6.89. The number of nitriles is 1. The molecular weight excluding hydrogens is 458 g/mol. The van der Waals surface area contributed by atoms with Gasteiger partial charge in [-0.15, -0.1) is 0 Å². The number of hydrogen-bond donors (Lipinski definition) is 1. The van der Waals surface area contributed by atoms with Crippen molar-refractivity contribution in [3.05, 3.63) is 64.8 Å². The van der Waals surface area contributed by atoms with Crippen molar-refractivity contribution in [1.82, 2.24) is 4.57 Å². The molecule has 1 amide bonds. The first-order chi connectivity index (χ1) is 17.8. The maximum atomic E-state index is 12.8. The van der Waals surface area contributed by atoms with E-state index in [0.29, 0.717) is 28.7 Å². The molecule has 0 spiro atoms. The molecule has 1 aliphatic carbocycles. The number of aromatic nitrogens is 1. The Morgan fingerprint density at radius 1 is 1.11 bits per heavy atom. The van der Waals surface area contributed by atoms with Gasteiger partial charge in [0.1, 0.15) is 5.78 Å². The first kappa shape index (κ1) is 28.2. The van der Waals surface area contributed by atoms with Crippen LogP contribution in [-0.2, 0) is 11.8 Å². The van der Waals surface area contributed by atoms with Crippen molar-refractivity contribution in [3.8, 4) is 6.07 Å². The average Bonchev–Trinajstić information content (AvgIpc) is 3.55. The fraction of sp³-hybridized carbons (Fsp3) is 0.469. The third-order valence-corrected chi connectivity index (χ3v) is 7.59. The van der Waals surface area contributed by atoms with E-state index < -0.39 is 0 Å². The summed E-state index contributed by atoms with van der Waals surface area (Å²) in [4.78, 5) is 23.4. The minimum Gasteiger partial charge on any atom is -0.350 e. The Bertz CT molecular complexity index is 1270. The number of carbonyl (C=O) groups is 2. The molecule has 1 heterocycles. The van der Waals surface area contributed by atoms with E-state index in [2.05, 4.69) is 56.0 Å². The van der Waals surface area contributed by atoms with Gasteiger partial charge in [0, 0.05) is 41.3 Å². The molecular formula is C32H41N3O2. The van der Waals surface area contributed by atoms with Crippen molar-refractivity contribution < 1.29 is 9.59 Å². The van der Waals surface area contributed by atoms with Gasteiger partial charge in [-0.1, -0.05) is 45.6 Å². The van der Waals surface area contributed by atoms with Crippen LogP contribution in [0, 0.1) is 24.2 Å². The maximum absolute atomic E-state index is 12.8. The Balaban J connectivity index is 0.000000405. The maximum Gasteiger partial charge on any atom is 0.255 e. The number of nitrogens with zero attached hydrogens (tertiary/aromatic N) is 2. The first-order valence-corrected chi connectivity index (χ1v) is 13.7. The number of fused-ring (bicyclic) bond motifs is 1. The summed E-state index contributed by atoms with van der Waals surface area (Å²) in [5.74, 6) is 1.16. The molecule has 196 valence electrons. The second-order valence-electron chi connectivity index (χ2n) is 10.3. The lowest BCUT2D eigenvalue weighted by atomic mass is 9.89. The Kier molecular flexibility index (Phi) is 10.1. The van der Waals surface area contributed by atoms with Gasteiger partial charge in [0.25, 0.3) is 5.91 Å². The molecule has 0 bridgehead atoms. The number of nitrogens with one attached hydrogen (secondary N) is 1. The molecule has 1 N–H and O–H groups in total. The molecule has 1 aromatic heterocycles. The van der Waals surface area contributed by atoms with E-state index in [0.717, 1.165) is 36.9 Å². The minimum atomic E-state index is -0.194. The summed E-state index contributed by atoms with van der Waals surface area (Å²) in [6, 6.07) is 12.9. The highest BCUT2D eigenvalue weighted by Gasteiger charge is 2.20. The Morgan fingerprint density at radius 3 is 2.35 bits per heavy atom. The molecule has 37 heavy (non-hydrogen) atoms. The molecule has 0 aliphatic heterocycles. The number of aryl methyl sites for hydroxylation is 2. The zero-order valence-corrected chi connectivity index (χ0v) is 23.1. The van der Waals surface area contributed by atoms with Crippen LogP contribution in [0.4, 0.5) is 5.69 Å². The predicted molar refractivity (Wildman–Crippen MR) is 152 cm³/mol. The number of ketones is 1. The van der Waals surface area contributed by atoms with Crippen LogP contribution in [0.2, 0.25) is 0 Å². The van der Waals surface area contributed by atoms with Crippen LogP contribution < -0.4 is 5.32 Å². The SMILES string of the molecule is CC(=O)C1CCCC1.CCCC(CCC)c1cn(C)c2ccc(NC(=O)c3cccc(C#N)c3)c(C)c12. The summed E-state index contributed by atoms with van der Waals surface area (Å²) in [6.45, 7) is 8.27. The monoisotopic (exact) mass is 499 g/mol. The summed E-state index contributed by atoms with van der Waals surface area (Å²) in [5.41, 5.74) is 5.47. The largest absolute Gasteiger partial charge is 0.350 e. The van der Waals surface area contributed by atoms with Crippen molar-refractivity contribution in [2.45, 2.75) is 85.0 Å². The molecule has 2 aromatic carbocycles. The molecule has 4 rings (SSSR count).